The van der Waals surface area contributed by atoms with Gasteiger partial charge in [-0.2, -0.15) is 0 Å². The summed E-state index contributed by atoms with van der Waals surface area (Å²) < 4.78 is 0. The zero-order valence-corrected chi connectivity index (χ0v) is 14.0. The third-order valence-corrected chi connectivity index (χ3v) is 5.39. The first-order valence-electron chi connectivity index (χ1n) is 7.75. The minimum absolute atomic E-state index is 0.0327. The largest absolute Gasteiger partial charge is 0.290 e. The summed E-state index contributed by atoms with van der Waals surface area (Å²) in [6.45, 7) is 0.938. The third-order valence-electron chi connectivity index (χ3n) is 4.65. The molecule has 2 fully saturated rings. The number of benzene rings is 2. The molecule has 0 aromatic heterocycles. The van der Waals surface area contributed by atoms with Crippen molar-refractivity contribution in [3.05, 3.63) is 64.1 Å². The summed E-state index contributed by atoms with van der Waals surface area (Å²) in [5.74, 6) is 0.148. The fraction of sp³-hybridized carbons (Fsp3) is 0.278. The van der Waals surface area contributed by atoms with Gasteiger partial charge in [-0.15, -0.1) is 0 Å². The number of rotatable bonds is 2. The number of carbonyl (C=O) groups excluding carboxylic acids is 1. The zero-order valence-electron chi connectivity index (χ0n) is 12.5. The molecule has 0 spiro atoms. The lowest BCUT2D eigenvalue weighted by molar-refractivity contribution is -0.119. The van der Waals surface area contributed by atoms with Gasteiger partial charge < -0.3 is 0 Å². The maximum Gasteiger partial charge on any atom is 0.246 e. The van der Waals surface area contributed by atoms with Gasteiger partial charge in [-0.3, -0.25) is 14.6 Å². The van der Waals surface area contributed by atoms with Crippen molar-refractivity contribution >= 4 is 34.8 Å². The maximum atomic E-state index is 13.0. The monoisotopic (exact) mass is 346 g/mol. The van der Waals surface area contributed by atoms with E-state index in [0.717, 1.165) is 30.6 Å². The molecule has 2 aromatic carbocycles. The molecule has 2 aromatic rings. The fourth-order valence-corrected chi connectivity index (χ4v) is 3.94. The van der Waals surface area contributed by atoms with Crippen molar-refractivity contribution in [3.63, 3.8) is 0 Å². The van der Waals surface area contributed by atoms with Gasteiger partial charge in [0, 0.05) is 12.2 Å². The molecule has 0 aliphatic carbocycles. The first kappa shape index (κ1) is 15.0. The minimum Gasteiger partial charge on any atom is -0.290 e. The van der Waals surface area contributed by atoms with Gasteiger partial charge in [0.25, 0.3) is 0 Å². The Morgan fingerprint density at radius 3 is 2.52 bits per heavy atom. The molecule has 5 heteroatoms. The van der Waals surface area contributed by atoms with Crippen LogP contribution in [0.25, 0.3) is 0 Å². The maximum absolute atomic E-state index is 13.0. The van der Waals surface area contributed by atoms with Crippen LogP contribution >= 0.6 is 23.2 Å². The topological polar surface area (TPSA) is 23.6 Å². The minimum atomic E-state index is -0.0755. The second-order valence-corrected chi connectivity index (χ2v) is 6.80. The van der Waals surface area contributed by atoms with Gasteiger partial charge in [-0.25, -0.2) is 0 Å². The first-order chi connectivity index (χ1) is 11.2. The summed E-state index contributed by atoms with van der Waals surface area (Å²) in [6.07, 6.45) is 1.91. The van der Waals surface area contributed by atoms with E-state index in [1.807, 2.05) is 29.2 Å². The molecule has 1 amide bonds. The van der Waals surface area contributed by atoms with Gasteiger partial charge in [0.15, 0.2) is 0 Å². The van der Waals surface area contributed by atoms with Crippen molar-refractivity contribution in [2.45, 2.75) is 25.0 Å². The Morgan fingerprint density at radius 2 is 1.78 bits per heavy atom. The summed E-state index contributed by atoms with van der Waals surface area (Å²) in [5, 5.41) is 0.967. The Morgan fingerprint density at radius 1 is 1.00 bits per heavy atom. The number of hydrogen-bond acceptors (Lipinski definition) is 2. The summed E-state index contributed by atoms with van der Waals surface area (Å²) >= 11 is 12.2. The van der Waals surface area contributed by atoms with E-state index in [4.69, 9.17) is 23.2 Å². The van der Waals surface area contributed by atoms with E-state index in [1.165, 1.54) is 0 Å². The number of hydrogen-bond donors (Lipinski definition) is 0. The van der Waals surface area contributed by atoms with E-state index >= 15 is 0 Å². The van der Waals surface area contributed by atoms with Crippen LogP contribution in [0.3, 0.4) is 0 Å². The second kappa shape index (κ2) is 5.82. The SMILES string of the molecule is O=C1[C@@H]2CCCN2[C@@H](c2ccccc2)N1c1ccc(Cl)c(Cl)c1. The van der Waals surface area contributed by atoms with Crippen LogP contribution in [-0.2, 0) is 4.79 Å². The number of carbonyl (C=O) groups is 1. The van der Waals surface area contributed by atoms with Crippen molar-refractivity contribution in [2.24, 2.45) is 0 Å². The van der Waals surface area contributed by atoms with E-state index < -0.39 is 0 Å². The molecule has 0 radical (unpaired) electrons. The van der Waals surface area contributed by atoms with Crippen LogP contribution in [0.5, 0.6) is 0 Å². The van der Waals surface area contributed by atoms with Gasteiger partial charge in [0.2, 0.25) is 5.91 Å². The lowest BCUT2D eigenvalue weighted by atomic mass is 10.1. The van der Waals surface area contributed by atoms with Crippen LogP contribution in [0.2, 0.25) is 10.0 Å². The molecule has 2 heterocycles. The van der Waals surface area contributed by atoms with E-state index in [0.29, 0.717) is 10.0 Å². The summed E-state index contributed by atoms with van der Waals surface area (Å²) in [5.41, 5.74) is 1.92. The van der Waals surface area contributed by atoms with Gasteiger partial charge in [-0.1, -0.05) is 53.5 Å². The number of halogens is 2. The smallest absolute Gasteiger partial charge is 0.246 e. The number of fused-ring (bicyclic) bond motifs is 1. The lowest BCUT2D eigenvalue weighted by Gasteiger charge is -2.30. The number of anilines is 1. The highest BCUT2D eigenvalue weighted by molar-refractivity contribution is 6.42. The van der Waals surface area contributed by atoms with Gasteiger partial charge in [0.05, 0.1) is 16.1 Å². The molecule has 2 saturated heterocycles. The highest BCUT2D eigenvalue weighted by Crippen LogP contribution is 2.43. The molecule has 0 unspecified atom stereocenters. The Balaban J connectivity index is 1.82. The van der Waals surface area contributed by atoms with Crippen molar-refractivity contribution in [3.8, 4) is 0 Å². The Labute approximate surface area is 145 Å². The fourth-order valence-electron chi connectivity index (χ4n) is 3.65. The number of amides is 1. The van der Waals surface area contributed by atoms with E-state index in [9.17, 15) is 4.79 Å². The quantitative estimate of drug-likeness (QED) is 0.798. The molecule has 3 nitrogen and oxygen atoms in total. The van der Waals surface area contributed by atoms with Crippen LogP contribution < -0.4 is 4.90 Å². The standard InChI is InChI=1S/C18H16Cl2N2O/c19-14-9-8-13(11-15(14)20)22-17(12-5-2-1-3-6-12)21-10-4-7-16(21)18(22)23/h1-3,5-6,8-9,11,16-17H,4,7,10H2/t16-,17+/m0/s1. The van der Waals surface area contributed by atoms with Gasteiger partial charge >= 0.3 is 0 Å². The zero-order chi connectivity index (χ0) is 16.0. The molecule has 0 saturated carbocycles. The molecular weight excluding hydrogens is 331 g/mol. The lowest BCUT2D eigenvalue weighted by Crippen LogP contribution is -2.32. The van der Waals surface area contributed by atoms with Crippen molar-refractivity contribution < 1.29 is 4.79 Å². The molecule has 118 valence electrons. The third kappa shape index (κ3) is 2.44. The average Bonchev–Trinajstić information content (AvgIpc) is 3.13. The van der Waals surface area contributed by atoms with Crippen LogP contribution in [0.15, 0.2) is 48.5 Å². The van der Waals surface area contributed by atoms with Gasteiger partial charge in [-0.05, 0) is 36.6 Å². The molecule has 2 aliphatic rings. The predicted octanol–water partition coefficient (Wildman–Crippen LogP) is 4.50. The molecule has 0 N–H and O–H groups in total. The average molecular weight is 347 g/mol. The Hall–Kier alpha value is -1.55. The van der Waals surface area contributed by atoms with Crippen molar-refractivity contribution in [1.82, 2.24) is 4.90 Å². The van der Waals surface area contributed by atoms with Crippen LogP contribution in [0, 0.1) is 0 Å². The number of nitrogens with zero attached hydrogens (tertiary/aromatic N) is 2. The normalized spacial score (nSPS) is 24.3. The first-order valence-corrected chi connectivity index (χ1v) is 8.51. The summed E-state index contributed by atoms with van der Waals surface area (Å²) in [4.78, 5) is 17.1. The highest BCUT2D eigenvalue weighted by Gasteiger charge is 2.49. The Kier molecular flexibility index (Phi) is 3.80. The Bertz CT molecular complexity index is 750. The summed E-state index contributed by atoms with van der Waals surface area (Å²) in [7, 11) is 0. The molecule has 23 heavy (non-hydrogen) atoms. The van der Waals surface area contributed by atoms with Crippen LogP contribution in [0.4, 0.5) is 5.69 Å². The molecule has 2 aliphatic heterocycles. The molecule has 0 bridgehead atoms. The van der Waals surface area contributed by atoms with Crippen molar-refractivity contribution in [1.29, 1.82) is 0 Å². The van der Waals surface area contributed by atoms with Crippen LogP contribution in [0.1, 0.15) is 24.6 Å². The van der Waals surface area contributed by atoms with E-state index in [2.05, 4.69) is 17.0 Å². The predicted molar refractivity (Wildman–Crippen MR) is 92.9 cm³/mol. The summed E-state index contributed by atoms with van der Waals surface area (Å²) in [6, 6.07) is 15.5. The highest BCUT2D eigenvalue weighted by atomic mass is 35.5. The van der Waals surface area contributed by atoms with E-state index in [1.54, 1.807) is 12.1 Å². The van der Waals surface area contributed by atoms with E-state index in [-0.39, 0.29) is 18.1 Å². The second-order valence-electron chi connectivity index (χ2n) is 5.99. The van der Waals surface area contributed by atoms with Crippen LogP contribution in [-0.4, -0.2) is 23.4 Å². The molecular formula is C18H16Cl2N2O. The van der Waals surface area contributed by atoms with Gasteiger partial charge in [0.1, 0.15) is 6.17 Å². The van der Waals surface area contributed by atoms with Crippen molar-refractivity contribution in [2.75, 3.05) is 11.4 Å². The molecule has 2 atom stereocenters. The molecule has 4 rings (SSSR count).